The van der Waals surface area contributed by atoms with Crippen molar-refractivity contribution in [3.8, 4) is 23.0 Å². The number of primary amides is 1. The first-order valence-electron chi connectivity index (χ1n) is 16.9. The van der Waals surface area contributed by atoms with Crippen molar-refractivity contribution in [3.05, 3.63) is 120 Å². The largest absolute Gasteiger partial charge is 0.481 e. The van der Waals surface area contributed by atoms with Gasteiger partial charge in [0.2, 0.25) is 17.7 Å². The number of nitrogens with two attached hydrogens (primary N) is 1. The SMILES string of the molecule is CCCN(Cc1ccc(Oc2ccccc2)cc1)C(=O)C1C(C(N)=O)C(C(=O)O)C1C(=O)N(CCC)Cc1ccc(Oc2ccccc2)cc1. The summed E-state index contributed by atoms with van der Waals surface area (Å²) in [5.41, 5.74) is 7.34. The van der Waals surface area contributed by atoms with Gasteiger partial charge < -0.3 is 30.1 Å². The number of carboxylic acid groups (broad SMARTS) is 1. The van der Waals surface area contributed by atoms with Gasteiger partial charge in [-0.1, -0.05) is 74.5 Å². The normalized spacial score (nSPS) is 18.0. The molecule has 1 aliphatic rings. The summed E-state index contributed by atoms with van der Waals surface area (Å²) >= 11 is 0. The van der Waals surface area contributed by atoms with Crippen molar-refractivity contribution in [2.24, 2.45) is 29.4 Å². The van der Waals surface area contributed by atoms with Gasteiger partial charge in [0.1, 0.15) is 23.0 Å². The lowest BCUT2D eigenvalue weighted by atomic mass is 9.55. The number of rotatable bonds is 16. The number of aliphatic carboxylic acids is 1. The number of hydrogen-bond donors (Lipinski definition) is 2. The molecule has 3 amide bonds. The lowest BCUT2D eigenvalue weighted by Gasteiger charge is -2.49. The molecule has 10 nitrogen and oxygen atoms in total. The third-order valence-electron chi connectivity index (χ3n) is 8.89. The molecule has 50 heavy (non-hydrogen) atoms. The molecule has 4 atom stereocenters. The Kier molecular flexibility index (Phi) is 11.9. The summed E-state index contributed by atoms with van der Waals surface area (Å²) in [5.74, 6) is -5.71. The fourth-order valence-corrected chi connectivity index (χ4v) is 6.54. The summed E-state index contributed by atoms with van der Waals surface area (Å²) in [5, 5.41) is 10.2. The maximum Gasteiger partial charge on any atom is 0.308 e. The zero-order valence-corrected chi connectivity index (χ0v) is 28.3. The molecule has 0 bridgehead atoms. The number of carbonyl (C=O) groups is 4. The Labute approximate surface area is 292 Å². The van der Waals surface area contributed by atoms with Gasteiger partial charge in [0.15, 0.2) is 0 Å². The molecule has 260 valence electrons. The highest BCUT2D eigenvalue weighted by Gasteiger charge is 2.64. The molecule has 4 aromatic carbocycles. The van der Waals surface area contributed by atoms with Crippen LogP contribution in [-0.2, 0) is 32.3 Å². The van der Waals surface area contributed by atoms with Crippen LogP contribution < -0.4 is 15.2 Å². The van der Waals surface area contributed by atoms with E-state index in [0.29, 0.717) is 48.9 Å². The molecule has 4 unspecified atom stereocenters. The van der Waals surface area contributed by atoms with Gasteiger partial charge in [-0.25, -0.2) is 0 Å². The predicted molar refractivity (Wildman–Crippen MR) is 188 cm³/mol. The minimum Gasteiger partial charge on any atom is -0.481 e. The Morgan fingerprint density at radius 3 is 1.26 bits per heavy atom. The van der Waals surface area contributed by atoms with E-state index in [9.17, 15) is 24.3 Å². The van der Waals surface area contributed by atoms with Gasteiger partial charge in [-0.05, 0) is 72.5 Å². The quantitative estimate of drug-likeness (QED) is 0.138. The molecule has 0 aromatic heterocycles. The van der Waals surface area contributed by atoms with E-state index in [-0.39, 0.29) is 13.1 Å². The van der Waals surface area contributed by atoms with Crippen molar-refractivity contribution >= 4 is 23.7 Å². The highest BCUT2D eigenvalue weighted by molar-refractivity contribution is 6.00. The van der Waals surface area contributed by atoms with Crippen LogP contribution in [0, 0.1) is 23.7 Å². The average Bonchev–Trinajstić information content (AvgIpc) is 3.09. The summed E-state index contributed by atoms with van der Waals surface area (Å²) in [7, 11) is 0. The van der Waals surface area contributed by atoms with Gasteiger partial charge in [0.05, 0.1) is 23.7 Å². The van der Waals surface area contributed by atoms with E-state index in [1.54, 1.807) is 21.9 Å². The topological polar surface area (TPSA) is 139 Å². The van der Waals surface area contributed by atoms with E-state index >= 15 is 0 Å². The highest BCUT2D eigenvalue weighted by Crippen LogP contribution is 2.48. The Bertz CT molecular complexity index is 1620. The van der Waals surface area contributed by atoms with Crippen molar-refractivity contribution < 1.29 is 33.8 Å². The lowest BCUT2D eigenvalue weighted by Crippen LogP contribution is -2.65. The first kappa shape index (κ1) is 35.7. The lowest BCUT2D eigenvalue weighted by molar-refractivity contribution is -0.181. The molecular formula is C40H43N3O7. The molecule has 4 aromatic rings. The van der Waals surface area contributed by atoms with Crippen molar-refractivity contribution in [2.75, 3.05) is 13.1 Å². The number of hydrogen-bond acceptors (Lipinski definition) is 6. The van der Waals surface area contributed by atoms with Gasteiger partial charge in [0.25, 0.3) is 0 Å². The number of para-hydroxylation sites is 2. The van der Waals surface area contributed by atoms with Crippen molar-refractivity contribution in [1.82, 2.24) is 9.80 Å². The van der Waals surface area contributed by atoms with E-state index in [0.717, 1.165) is 11.1 Å². The molecule has 5 rings (SSSR count). The third kappa shape index (κ3) is 8.49. The standard InChI is InChI=1S/C40H43N3O7/c1-3-23-42(25-27-15-19-31(20-16-27)49-29-11-7-5-8-12-29)38(45)34-33(37(41)44)36(40(47)48)35(34)39(46)43(24-4-2)26-28-17-21-32(22-18-28)50-30-13-9-6-10-14-30/h5-22,33-36H,3-4,23-26H2,1-2H3,(H2,41,44)(H,47,48). The Morgan fingerprint density at radius 2 is 0.920 bits per heavy atom. The summed E-state index contributed by atoms with van der Waals surface area (Å²) in [6, 6.07) is 33.3. The maximum atomic E-state index is 14.3. The average molecular weight is 678 g/mol. The molecule has 1 saturated carbocycles. The van der Waals surface area contributed by atoms with Crippen LogP contribution in [0.3, 0.4) is 0 Å². The fourth-order valence-electron chi connectivity index (χ4n) is 6.54. The Balaban J connectivity index is 1.35. The van der Waals surface area contributed by atoms with Crippen LogP contribution in [0.1, 0.15) is 37.8 Å². The number of nitrogens with zero attached hydrogens (tertiary/aromatic N) is 2. The zero-order valence-electron chi connectivity index (χ0n) is 28.3. The second-order valence-corrected chi connectivity index (χ2v) is 12.5. The molecule has 0 radical (unpaired) electrons. The number of ether oxygens (including phenoxy) is 2. The Morgan fingerprint density at radius 1 is 0.560 bits per heavy atom. The molecule has 0 saturated heterocycles. The molecule has 3 N–H and O–H groups in total. The van der Waals surface area contributed by atoms with Crippen LogP contribution in [-0.4, -0.2) is 51.7 Å². The van der Waals surface area contributed by atoms with E-state index in [1.807, 2.05) is 111 Å². The van der Waals surface area contributed by atoms with E-state index in [2.05, 4.69) is 0 Å². The van der Waals surface area contributed by atoms with E-state index in [4.69, 9.17) is 15.2 Å². The van der Waals surface area contributed by atoms with Gasteiger partial charge in [-0.2, -0.15) is 0 Å². The summed E-state index contributed by atoms with van der Waals surface area (Å²) in [4.78, 5) is 56.9. The van der Waals surface area contributed by atoms with Gasteiger partial charge >= 0.3 is 5.97 Å². The minimum atomic E-state index is -1.41. The first-order chi connectivity index (χ1) is 24.2. The summed E-state index contributed by atoms with van der Waals surface area (Å²) in [6.07, 6.45) is 1.22. The van der Waals surface area contributed by atoms with Gasteiger partial charge in [0, 0.05) is 26.2 Å². The number of amides is 3. The second-order valence-electron chi connectivity index (χ2n) is 12.5. The van der Waals surface area contributed by atoms with Crippen LogP contribution in [0.15, 0.2) is 109 Å². The third-order valence-corrected chi connectivity index (χ3v) is 8.89. The molecular weight excluding hydrogens is 634 g/mol. The van der Waals surface area contributed by atoms with Crippen molar-refractivity contribution in [3.63, 3.8) is 0 Å². The molecule has 0 aliphatic heterocycles. The molecule has 0 spiro atoms. The van der Waals surface area contributed by atoms with Crippen LogP contribution in [0.25, 0.3) is 0 Å². The molecule has 0 heterocycles. The van der Waals surface area contributed by atoms with Crippen LogP contribution in [0.5, 0.6) is 23.0 Å². The number of carboxylic acids is 1. The predicted octanol–water partition coefficient (Wildman–Crippen LogP) is 6.50. The van der Waals surface area contributed by atoms with Crippen LogP contribution in [0.2, 0.25) is 0 Å². The highest BCUT2D eigenvalue weighted by atomic mass is 16.5. The molecule has 1 aliphatic carbocycles. The smallest absolute Gasteiger partial charge is 0.308 e. The van der Waals surface area contributed by atoms with E-state index < -0.39 is 47.4 Å². The van der Waals surface area contributed by atoms with Crippen LogP contribution >= 0.6 is 0 Å². The van der Waals surface area contributed by atoms with Gasteiger partial charge in [-0.15, -0.1) is 0 Å². The fraction of sp³-hybridized carbons (Fsp3) is 0.300. The van der Waals surface area contributed by atoms with Crippen molar-refractivity contribution in [1.29, 1.82) is 0 Å². The summed E-state index contributed by atoms with van der Waals surface area (Å²) in [6.45, 7) is 4.92. The number of carbonyl (C=O) groups excluding carboxylic acids is 3. The summed E-state index contributed by atoms with van der Waals surface area (Å²) < 4.78 is 11.8. The maximum absolute atomic E-state index is 14.3. The van der Waals surface area contributed by atoms with Crippen LogP contribution in [0.4, 0.5) is 0 Å². The Hall–Kier alpha value is -5.64. The zero-order chi connectivity index (χ0) is 35.6. The second kappa shape index (κ2) is 16.6. The van der Waals surface area contributed by atoms with Gasteiger partial charge in [-0.3, -0.25) is 19.2 Å². The number of benzene rings is 4. The monoisotopic (exact) mass is 677 g/mol. The van der Waals surface area contributed by atoms with Crippen molar-refractivity contribution in [2.45, 2.75) is 39.8 Å². The van der Waals surface area contributed by atoms with E-state index in [1.165, 1.54) is 0 Å². The first-order valence-corrected chi connectivity index (χ1v) is 16.9. The molecule has 10 heteroatoms. The molecule has 1 fully saturated rings. The minimum absolute atomic E-state index is 0.194.